The van der Waals surface area contributed by atoms with Gasteiger partial charge in [0.05, 0.1) is 51.3 Å². The monoisotopic (exact) mass is 2360 g/mol. The number of carbonyl (C=O) groups excluding carboxylic acids is 1. The normalized spacial score (nSPS) is 14.8. The summed E-state index contributed by atoms with van der Waals surface area (Å²) >= 11 is -1.70. The summed E-state index contributed by atoms with van der Waals surface area (Å²) in [6.45, 7) is 11.5. The van der Waals surface area contributed by atoms with Crippen molar-refractivity contribution in [2.24, 2.45) is 0 Å². The molecule has 1 N–H and O–H groups in total. The number of ketones is 1. The van der Waals surface area contributed by atoms with Crippen molar-refractivity contribution < 1.29 is 82.4 Å². The zero-order valence-corrected chi connectivity index (χ0v) is 90.5. The van der Waals surface area contributed by atoms with Gasteiger partial charge in [0.15, 0.2) is 24.2 Å². The van der Waals surface area contributed by atoms with Crippen molar-refractivity contribution in [1.29, 1.82) is 0 Å². The van der Waals surface area contributed by atoms with Gasteiger partial charge in [-0.1, -0.05) is 308 Å². The second-order valence-electron chi connectivity index (χ2n) is 40.0. The van der Waals surface area contributed by atoms with Crippen LogP contribution < -0.4 is 22.8 Å². The Labute approximate surface area is 918 Å². The molecule has 14 heteroatoms. The minimum absolute atomic E-state index is 0. The molecule has 12 heterocycles. The molecule has 0 atom stereocenters. The van der Waals surface area contributed by atoms with Gasteiger partial charge in [0.2, 0.25) is 5.69 Å². The molecule has 0 saturated carbocycles. The van der Waals surface area contributed by atoms with E-state index in [4.69, 9.17) is 31.5 Å². The van der Waals surface area contributed by atoms with Gasteiger partial charge in [0, 0.05) is 104 Å². The SMILES string of the molecule is CC(=O)C=C(C)O.CC1(C)c2cccc3c2-c2c4c1cccc4cc[n+]2C3.Cc1cnc2c3[c-]cccc3c3ccccc3c2n1.[2H]c1c([2H])c(C)c(-c2c([2H])n3c4c5c(c([2H])c([2H])c([2H])c5c5c([2H])c(C)c([2H])c([2H])c5[n+]24)C3)c(C([2H])([2H])[2H])c1[2H].[CH3][Ge]([CH3])([CH3])[c]1ccc2[n+](c1)Cc1ccccc1-2.[Ir].[Pt+2].[c-]1c(-c2ccccn2)ccc2c1N1c3[c-]c(-c4ccccn4)ccc3C(c3ccccc3)(c3ccccc3)c3cccc(c31)C2(c1ccccc1)c1ccccc1. The number of anilines is 3. The molecule has 0 fully saturated rings. The number of imidazole rings is 1. The van der Waals surface area contributed by atoms with Crippen LogP contribution in [-0.4, -0.2) is 48.7 Å². The van der Waals surface area contributed by atoms with Gasteiger partial charge in [-0.15, -0.1) is 77.2 Å². The number of benzene rings is 16. The van der Waals surface area contributed by atoms with Gasteiger partial charge in [-0.25, -0.2) is 4.57 Å². The molecule has 149 heavy (non-hydrogen) atoms. The molecular formula is C135H109GeIrN9O2Pt+2. The minimum atomic E-state index is -2.91. The number of aromatic nitrogens is 8. The van der Waals surface area contributed by atoms with Crippen LogP contribution in [0.5, 0.6) is 0 Å². The summed E-state index contributed by atoms with van der Waals surface area (Å²) in [5.41, 5.74) is 29.1. The smallest absolute Gasteiger partial charge is 0.345 e. The Kier molecular flexibility index (Phi) is 22.1. The fraction of sp³-hybridized carbons (Fsp3) is 0.126. The number of fused-ring (bicyclic) bond motifs is 16. The van der Waals surface area contributed by atoms with Gasteiger partial charge in [0.1, 0.15) is 19.6 Å². The number of aryl methyl sites for hydroxylation is 1. The quantitative estimate of drug-likeness (QED) is 0.0383. The van der Waals surface area contributed by atoms with Crippen LogP contribution in [0.4, 0.5) is 17.1 Å². The van der Waals surface area contributed by atoms with E-state index in [1.54, 1.807) is 4.40 Å². The molecule has 0 saturated heterocycles. The van der Waals surface area contributed by atoms with Crippen LogP contribution in [0.3, 0.4) is 0 Å². The Morgan fingerprint density at radius 3 is 1.69 bits per heavy atom. The van der Waals surface area contributed by atoms with Gasteiger partial charge in [-0.05, 0) is 155 Å². The summed E-state index contributed by atoms with van der Waals surface area (Å²) in [4.78, 5) is 31.3. The van der Waals surface area contributed by atoms with Crippen LogP contribution in [0, 0.1) is 45.8 Å². The number of rotatable bonds is 9. The van der Waals surface area contributed by atoms with E-state index in [0.29, 0.717) is 10.9 Å². The second-order valence-corrected chi connectivity index (χ2v) is 50.6. The molecule has 7 aromatic heterocycles. The van der Waals surface area contributed by atoms with Crippen LogP contribution in [0.1, 0.15) is 140 Å². The Balaban J connectivity index is 0.000000119. The molecule has 5 aliphatic heterocycles. The first-order valence-electron chi connectivity index (χ1n) is 56.2. The van der Waals surface area contributed by atoms with E-state index in [9.17, 15) is 6.17 Å². The number of aliphatic hydroxyl groups is 1. The molecule has 727 valence electrons. The molecule has 0 amide bonds. The summed E-state index contributed by atoms with van der Waals surface area (Å²) in [5.74, 6) is 7.28. The third-order valence-corrected chi connectivity index (χ3v) is 33.8. The standard InChI is InChI=1S/C54H35N3.C25H21N2.C19H16N.C17H11N2.C15H18GeN.C5H8O2.Ir.Pt/c1-5-18-40(19-6-1)53(41-20-7-2-8-21-41)44-32-30-38(48-28-13-15-34-55-48)36-50(44)57-51-37-39(49-29-14-16-35-56-49)31-33-45(51)54(42-22-9-3-10-23-42,43-24-11-4-12-25-43)47-27-17-26-46(53)52(47)57;1-15-10-11-21-20(12-15)19-9-5-8-18-13-26-14-22(27(21)25(26)24(18)19)23-16(2)6-4-7-17(23)3;1-19(2)14-7-3-5-12-9-10-20-11-13-6-4-8-15(19)17(13)18(20)16(12)14;1-11-10-18-16-14-8-4-2-6-12(14)13-7-3-5-9-15(13)17(16)19-11;1-16(2,3)13-8-9-15-14-7-5-4-6-12(14)10-17(15)11-13;1-4(6)3-5(2)7;;/h1-35H;4-12,14H,13H2,1-3H3;3-10H,11H2,1-2H3;2-7,9-10H,1H3;4-9,11H,10H2,1-3H3;3,6H,1-2H3;;/q-2;2*+1;-1;+1;;;+2/i;2D3,4D,5D,6D,7D,8D,9D,10D,11D,12D,14D;;;;;;. The summed E-state index contributed by atoms with van der Waals surface area (Å²) in [6, 6.07) is 124. The number of carbonyl (C=O) groups is 1. The maximum Gasteiger partial charge on any atom is 2.00 e. The molecular weight excluding hydrogens is 2240 g/mol. The Morgan fingerprint density at radius 2 is 1.07 bits per heavy atom. The largest absolute Gasteiger partial charge is 2.00 e. The second kappa shape index (κ2) is 39.5. The van der Waals surface area contributed by atoms with E-state index >= 15 is 0 Å². The number of para-hydroxylation sites is 1. The summed E-state index contributed by atoms with van der Waals surface area (Å²) in [7, 11) is 0. The minimum Gasteiger partial charge on any atom is -0.345 e. The zero-order valence-electron chi connectivity index (χ0n) is 96.7. The molecule has 29 rings (SSSR count). The van der Waals surface area contributed by atoms with E-state index in [0.717, 1.165) is 91.3 Å². The number of allylic oxidation sites excluding steroid dienone is 2. The van der Waals surface area contributed by atoms with E-state index in [-0.39, 0.29) is 157 Å². The third kappa shape index (κ3) is 16.7. The summed E-state index contributed by atoms with van der Waals surface area (Å²) in [5, 5.41) is 16.3. The maximum absolute atomic E-state index is 10.0. The van der Waals surface area contributed by atoms with E-state index < -0.39 is 48.6 Å². The molecule has 23 aromatic rings. The Bertz CT molecular complexity index is 9760. The first-order chi connectivity index (χ1) is 77.0. The van der Waals surface area contributed by atoms with Crippen molar-refractivity contribution in [3.63, 3.8) is 0 Å². The van der Waals surface area contributed by atoms with Crippen LogP contribution in [0.25, 0.3) is 127 Å². The molecule has 16 aromatic carbocycles. The summed E-state index contributed by atoms with van der Waals surface area (Å²) in [6.07, 6.45) is 11.1. The predicted octanol–water partition coefficient (Wildman–Crippen LogP) is 29.2. The zero-order chi connectivity index (χ0) is 112. The van der Waals surface area contributed by atoms with Crippen molar-refractivity contribution in [3.8, 4) is 56.3 Å². The predicted molar refractivity (Wildman–Crippen MR) is 601 cm³/mol. The average Bonchev–Trinajstić information content (AvgIpc) is 0.753. The molecule has 0 spiro atoms. The van der Waals surface area contributed by atoms with Crippen molar-refractivity contribution >= 4 is 111 Å². The van der Waals surface area contributed by atoms with Crippen LogP contribution in [-0.2, 0) is 81.8 Å². The van der Waals surface area contributed by atoms with Crippen LogP contribution in [0.15, 0.2) is 425 Å². The van der Waals surface area contributed by atoms with Gasteiger partial charge >= 0.3 is 127 Å². The van der Waals surface area contributed by atoms with Crippen molar-refractivity contribution in [2.75, 3.05) is 4.90 Å². The summed E-state index contributed by atoms with van der Waals surface area (Å²) < 4.78 is 120. The number of hydrogen-bond acceptors (Lipinski definition) is 7. The third-order valence-electron chi connectivity index (χ3n) is 29.5. The molecule has 1 radical (unpaired) electrons. The fourth-order valence-corrected chi connectivity index (χ4v) is 25.5. The van der Waals surface area contributed by atoms with E-state index in [1.807, 2.05) is 68.0 Å². The molecule has 0 bridgehead atoms. The van der Waals surface area contributed by atoms with Crippen molar-refractivity contribution in [2.45, 2.75) is 108 Å². The average molecular weight is 2360 g/mol. The topological polar surface area (TPSA) is 109 Å². The first kappa shape index (κ1) is 83.4. The number of pyridine rings is 5. The van der Waals surface area contributed by atoms with Crippen molar-refractivity contribution in [1.82, 2.24) is 24.5 Å². The molecule has 6 aliphatic rings. The molecule has 0 unspecified atom stereocenters. The Morgan fingerprint density at radius 1 is 0.503 bits per heavy atom. The number of aliphatic hydroxyl groups excluding tert-OH is 1. The first-order valence-corrected chi connectivity index (χ1v) is 57.0. The maximum atomic E-state index is 10.0. The van der Waals surface area contributed by atoms with Gasteiger partial charge < -0.3 is 25.0 Å². The van der Waals surface area contributed by atoms with Gasteiger partial charge in [-0.2, -0.15) is 8.97 Å². The Hall–Kier alpha value is -15.7. The number of hydrogen-bond donors (Lipinski definition) is 1. The molecule has 1 aliphatic carbocycles. The number of nitrogens with zero attached hydrogens (tertiary/aromatic N) is 9. The van der Waals surface area contributed by atoms with Gasteiger partial charge in [-0.3, -0.25) is 9.78 Å². The fourth-order valence-electron chi connectivity index (χ4n) is 23.1. The van der Waals surface area contributed by atoms with Crippen LogP contribution >= 0.6 is 0 Å². The van der Waals surface area contributed by atoms with Crippen LogP contribution in [0.2, 0.25) is 17.3 Å². The van der Waals surface area contributed by atoms with E-state index in [1.165, 1.54) is 142 Å². The molecule has 11 nitrogen and oxygen atoms in total. The van der Waals surface area contributed by atoms with Gasteiger partial charge in [0.25, 0.3) is 5.65 Å². The van der Waals surface area contributed by atoms with E-state index in [2.05, 4.69) is 365 Å². The van der Waals surface area contributed by atoms with Crippen molar-refractivity contribution in [3.05, 3.63) is 538 Å².